The van der Waals surface area contributed by atoms with E-state index < -0.39 is 0 Å². The summed E-state index contributed by atoms with van der Waals surface area (Å²) in [7, 11) is 1.71. The molecule has 0 saturated carbocycles. The molecule has 25 heavy (non-hydrogen) atoms. The number of aromatic nitrogens is 2. The van der Waals surface area contributed by atoms with Crippen molar-refractivity contribution in [1.82, 2.24) is 9.97 Å². The first-order valence-electron chi connectivity index (χ1n) is 8.60. The van der Waals surface area contributed by atoms with Gasteiger partial charge in [-0.05, 0) is 37.1 Å². The molecule has 1 aliphatic rings. The fourth-order valence-electron chi connectivity index (χ4n) is 3.35. The number of methoxy groups -OCH3 is 1. The Labute approximate surface area is 152 Å². The minimum absolute atomic E-state index is 0.536. The van der Waals surface area contributed by atoms with Gasteiger partial charge in [0.1, 0.15) is 11.6 Å². The summed E-state index contributed by atoms with van der Waals surface area (Å²) >= 11 is 1.77. The highest BCUT2D eigenvalue weighted by molar-refractivity contribution is 7.10. The molecule has 1 aromatic carbocycles. The highest BCUT2D eigenvalue weighted by Gasteiger charge is 2.24. The Bertz CT molecular complexity index is 826. The van der Waals surface area contributed by atoms with E-state index in [9.17, 15) is 0 Å². The summed E-state index contributed by atoms with van der Waals surface area (Å²) in [5, 5.41) is 3.39. The molecule has 0 unspecified atom stereocenters. The van der Waals surface area contributed by atoms with Crippen LogP contribution in [0.25, 0.3) is 11.3 Å². The molecule has 0 bridgehead atoms. The van der Waals surface area contributed by atoms with Gasteiger partial charge in [0.15, 0.2) is 0 Å². The topological polar surface area (TPSA) is 38.2 Å². The van der Waals surface area contributed by atoms with Gasteiger partial charge in [-0.2, -0.15) is 0 Å². The summed E-state index contributed by atoms with van der Waals surface area (Å²) in [4.78, 5) is 11.7. The number of rotatable bonds is 4. The third-order valence-corrected chi connectivity index (χ3v) is 5.73. The van der Waals surface area contributed by atoms with E-state index in [1.54, 1.807) is 18.4 Å². The summed E-state index contributed by atoms with van der Waals surface area (Å²) in [6, 6.07) is 14.2. The number of hydrogen-bond acceptors (Lipinski definition) is 5. The quantitative estimate of drug-likeness (QED) is 0.689. The number of para-hydroxylation sites is 1. The van der Waals surface area contributed by atoms with Gasteiger partial charge in [-0.15, -0.1) is 11.3 Å². The van der Waals surface area contributed by atoms with Crippen LogP contribution in [0.1, 0.15) is 23.8 Å². The van der Waals surface area contributed by atoms with Crippen LogP contribution in [-0.2, 0) is 0 Å². The molecule has 0 amide bonds. The average molecular weight is 351 g/mol. The van der Waals surface area contributed by atoms with Gasteiger partial charge in [-0.1, -0.05) is 18.2 Å². The zero-order valence-corrected chi connectivity index (χ0v) is 15.1. The Morgan fingerprint density at radius 2 is 1.88 bits per heavy atom. The van der Waals surface area contributed by atoms with E-state index >= 15 is 0 Å². The van der Waals surface area contributed by atoms with Crippen LogP contribution >= 0.6 is 11.3 Å². The minimum atomic E-state index is 0.536. The molecular weight excluding hydrogens is 330 g/mol. The van der Waals surface area contributed by atoms with Crippen molar-refractivity contribution >= 4 is 17.2 Å². The monoisotopic (exact) mass is 351 g/mol. The maximum atomic E-state index is 5.47. The Morgan fingerprint density at radius 3 is 2.64 bits per heavy atom. The van der Waals surface area contributed by atoms with E-state index in [4.69, 9.17) is 9.72 Å². The minimum Gasteiger partial charge on any atom is -0.496 e. The van der Waals surface area contributed by atoms with Gasteiger partial charge in [-0.25, -0.2) is 9.97 Å². The standard InChI is InChI=1S/C20H21N3OS/c1-24-18-7-3-2-6-16(18)17-14-25-20(22-17)15-9-12-23(13-10-15)19-8-4-5-11-21-19/h2-8,11,14-15H,9-10,12-13H2,1H3. The van der Waals surface area contributed by atoms with Crippen LogP contribution in [0.4, 0.5) is 5.82 Å². The predicted octanol–water partition coefficient (Wildman–Crippen LogP) is 4.60. The van der Waals surface area contributed by atoms with Gasteiger partial charge in [0.25, 0.3) is 0 Å². The summed E-state index contributed by atoms with van der Waals surface area (Å²) in [5.41, 5.74) is 2.09. The molecule has 3 aromatic rings. The molecule has 0 N–H and O–H groups in total. The zero-order valence-electron chi connectivity index (χ0n) is 14.3. The molecule has 4 nitrogen and oxygen atoms in total. The molecule has 5 heteroatoms. The van der Waals surface area contributed by atoms with Crippen LogP contribution in [0, 0.1) is 0 Å². The number of ether oxygens (including phenoxy) is 1. The second kappa shape index (κ2) is 7.23. The fraction of sp³-hybridized carbons (Fsp3) is 0.300. The summed E-state index contributed by atoms with van der Waals surface area (Å²) in [6.45, 7) is 2.07. The molecule has 128 valence electrons. The van der Waals surface area contributed by atoms with Crippen LogP contribution in [0.2, 0.25) is 0 Å². The van der Waals surface area contributed by atoms with E-state index in [0.29, 0.717) is 5.92 Å². The summed E-state index contributed by atoms with van der Waals surface area (Å²) in [6.07, 6.45) is 4.10. The number of anilines is 1. The van der Waals surface area contributed by atoms with E-state index in [2.05, 4.69) is 33.5 Å². The Kier molecular flexibility index (Phi) is 4.65. The molecule has 1 saturated heterocycles. The molecule has 2 aromatic heterocycles. The number of thiazole rings is 1. The van der Waals surface area contributed by atoms with Gasteiger partial charge in [0, 0.05) is 36.1 Å². The molecule has 0 spiro atoms. The van der Waals surface area contributed by atoms with E-state index in [1.807, 2.05) is 30.5 Å². The first kappa shape index (κ1) is 16.1. The third kappa shape index (κ3) is 3.37. The second-order valence-electron chi connectivity index (χ2n) is 6.22. The lowest BCUT2D eigenvalue weighted by Crippen LogP contribution is -2.33. The number of pyridine rings is 1. The Morgan fingerprint density at radius 1 is 1.08 bits per heavy atom. The molecule has 0 aliphatic carbocycles. The van der Waals surface area contributed by atoms with Gasteiger partial charge >= 0.3 is 0 Å². The lowest BCUT2D eigenvalue weighted by molar-refractivity contribution is 0.416. The first-order valence-corrected chi connectivity index (χ1v) is 9.48. The molecule has 4 rings (SSSR count). The van der Waals surface area contributed by atoms with Crippen LogP contribution in [0.5, 0.6) is 5.75 Å². The van der Waals surface area contributed by atoms with Crippen LogP contribution < -0.4 is 9.64 Å². The van der Waals surface area contributed by atoms with Crippen LogP contribution in [0.15, 0.2) is 54.0 Å². The first-order chi connectivity index (χ1) is 12.3. The smallest absolute Gasteiger partial charge is 0.128 e. The van der Waals surface area contributed by atoms with Crippen molar-refractivity contribution in [2.24, 2.45) is 0 Å². The molecule has 0 atom stereocenters. The lowest BCUT2D eigenvalue weighted by atomic mass is 9.97. The van der Waals surface area contributed by atoms with Crippen molar-refractivity contribution in [2.75, 3.05) is 25.1 Å². The van der Waals surface area contributed by atoms with Crippen molar-refractivity contribution in [2.45, 2.75) is 18.8 Å². The van der Waals surface area contributed by atoms with Crippen molar-refractivity contribution in [1.29, 1.82) is 0 Å². The number of benzene rings is 1. The number of nitrogens with zero attached hydrogens (tertiary/aromatic N) is 3. The summed E-state index contributed by atoms with van der Waals surface area (Å²) in [5.74, 6) is 2.49. The molecule has 1 aliphatic heterocycles. The zero-order chi connectivity index (χ0) is 17.1. The largest absolute Gasteiger partial charge is 0.496 e. The van der Waals surface area contributed by atoms with Gasteiger partial charge in [0.05, 0.1) is 17.8 Å². The molecular formula is C20H21N3OS. The Balaban J connectivity index is 1.47. The van der Waals surface area contributed by atoms with E-state index in [-0.39, 0.29) is 0 Å². The van der Waals surface area contributed by atoms with Crippen molar-refractivity contribution < 1.29 is 4.74 Å². The highest BCUT2D eigenvalue weighted by atomic mass is 32.1. The maximum Gasteiger partial charge on any atom is 0.128 e. The van der Waals surface area contributed by atoms with Crippen molar-refractivity contribution in [3.8, 4) is 17.0 Å². The molecule has 0 radical (unpaired) electrons. The lowest BCUT2D eigenvalue weighted by Gasteiger charge is -2.31. The van der Waals surface area contributed by atoms with E-state index in [0.717, 1.165) is 48.8 Å². The third-order valence-electron chi connectivity index (χ3n) is 4.72. The maximum absolute atomic E-state index is 5.47. The van der Waals surface area contributed by atoms with Gasteiger partial charge < -0.3 is 9.64 Å². The number of piperidine rings is 1. The van der Waals surface area contributed by atoms with Crippen LogP contribution in [0.3, 0.4) is 0 Å². The van der Waals surface area contributed by atoms with E-state index in [1.165, 1.54) is 5.01 Å². The fourth-order valence-corrected chi connectivity index (χ4v) is 4.34. The predicted molar refractivity (Wildman–Crippen MR) is 103 cm³/mol. The second-order valence-corrected chi connectivity index (χ2v) is 7.11. The van der Waals surface area contributed by atoms with Gasteiger partial charge in [0.2, 0.25) is 0 Å². The van der Waals surface area contributed by atoms with Crippen molar-refractivity contribution in [3.63, 3.8) is 0 Å². The van der Waals surface area contributed by atoms with Crippen LogP contribution in [-0.4, -0.2) is 30.2 Å². The normalized spacial score (nSPS) is 15.3. The molecule has 1 fully saturated rings. The van der Waals surface area contributed by atoms with Gasteiger partial charge in [-0.3, -0.25) is 0 Å². The van der Waals surface area contributed by atoms with Crippen molar-refractivity contribution in [3.05, 3.63) is 59.0 Å². The Hall–Kier alpha value is -2.40. The molecule has 3 heterocycles. The SMILES string of the molecule is COc1ccccc1-c1csc(C2CCN(c3ccccn3)CC2)n1. The average Bonchev–Trinajstić information content (AvgIpc) is 3.19. The highest BCUT2D eigenvalue weighted by Crippen LogP contribution is 2.36. The summed E-state index contributed by atoms with van der Waals surface area (Å²) < 4.78 is 5.47. The number of hydrogen-bond donors (Lipinski definition) is 0.